The van der Waals surface area contributed by atoms with Gasteiger partial charge in [-0.3, -0.25) is 4.79 Å². The van der Waals surface area contributed by atoms with Crippen LogP contribution in [0.25, 0.3) is 11.8 Å². The maximum atomic E-state index is 13.4. The van der Waals surface area contributed by atoms with E-state index in [1.807, 2.05) is 0 Å². The van der Waals surface area contributed by atoms with E-state index in [0.717, 1.165) is 9.69 Å². The zero-order valence-corrected chi connectivity index (χ0v) is 26.5. The van der Waals surface area contributed by atoms with Crippen LogP contribution in [0, 0.1) is 0 Å². The lowest BCUT2D eigenvalue weighted by molar-refractivity contribution is -0.135. The largest absolute Gasteiger partial charge is 0.493 e. The summed E-state index contributed by atoms with van der Waals surface area (Å²) < 4.78 is 11.1. The molecule has 0 fully saturated rings. The monoisotopic (exact) mass is 704 g/mol. The first-order chi connectivity index (χ1) is 20.4. The Balaban J connectivity index is 1.82. The zero-order valence-electron chi connectivity index (χ0n) is 22.0. The van der Waals surface area contributed by atoms with E-state index in [2.05, 4.69) is 10.2 Å². The minimum Gasteiger partial charge on any atom is -0.493 e. The van der Waals surface area contributed by atoms with Crippen LogP contribution in [-0.2, 0) is 19.1 Å². The number of ether oxygens (including phenoxy) is 2. The molecule has 1 N–H and O–H groups in total. The van der Waals surface area contributed by atoms with Gasteiger partial charge in [-0.2, -0.15) is 19.9 Å². The highest BCUT2D eigenvalue weighted by atomic mass is 35.5. The Kier molecular flexibility index (Phi) is 10.3. The highest BCUT2D eigenvalue weighted by Gasteiger charge is 2.37. The van der Waals surface area contributed by atoms with Gasteiger partial charge in [0.1, 0.15) is 11.4 Å². The summed E-state index contributed by atoms with van der Waals surface area (Å²) in [6.45, 7) is 3.19. The molecule has 0 saturated carbocycles. The van der Waals surface area contributed by atoms with E-state index in [0.29, 0.717) is 0 Å². The molecule has 0 atom stereocenters. The maximum Gasteiger partial charge on any atom is 0.359 e. The number of nitrogens with zero attached hydrogens (tertiary/aromatic N) is 4. The SMILES string of the molecule is CCOC(=O)C1=NN(c2c(Cl)cc(Cl)cc2Cl)C(=O)C1=CC=Cc1c(C(=O)OCC)nn(-c2c(Cl)cc(Cl)cc2Cl)c1O. The summed E-state index contributed by atoms with van der Waals surface area (Å²) in [6, 6.07) is 5.47. The van der Waals surface area contributed by atoms with Gasteiger partial charge in [0.05, 0.1) is 44.4 Å². The fraction of sp³-hybridized carbons (Fsp3) is 0.148. The van der Waals surface area contributed by atoms with Gasteiger partial charge in [0.15, 0.2) is 11.4 Å². The second-order valence-electron chi connectivity index (χ2n) is 8.38. The molecule has 0 saturated heterocycles. The van der Waals surface area contributed by atoms with Crippen molar-refractivity contribution in [2.24, 2.45) is 5.10 Å². The number of anilines is 1. The second kappa shape index (κ2) is 13.6. The van der Waals surface area contributed by atoms with Gasteiger partial charge < -0.3 is 14.6 Å². The number of rotatable bonds is 8. The lowest BCUT2D eigenvalue weighted by atomic mass is 10.1. The van der Waals surface area contributed by atoms with Crippen LogP contribution in [0.15, 0.2) is 47.1 Å². The Hall–Kier alpha value is -3.25. The highest BCUT2D eigenvalue weighted by molar-refractivity contribution is 6.54. The maximum absolute atomic E-state index is 13.4. The number of allylic oxidation sites excluding steroid dienone is 2. The van der Waals surface area contributed by atoms with Crippen LogP contribution in [0.3, 0.4) is 0 Å². The summed E-state index contributed by atoms with van der Waals surface area (Å²) in [7, 11) is 0. The normalized spacial score (nSPS) is 14.1. The third-order valence-electron chi connectivity index (χ3n) is 5.62. The number of benzene rings is 2. The topological polar surface area (TPSA) is 123 Å². The third kappa shape index (κ3) is 6.64. The summed E-state index contributed by atoms with van der Waals surface area (Å²) in [5, 5.41) is 20.7. The predicted octanol–water partition coefficient (Wildman–Crippen LogP) is 7.58. The Bertz CT molecular complexity index is 1700. The fourth-order valence-corrected chi connectivity index (χ4v) is 5.82. The van der Waals surface area contributed by atoms with E-state index in [9.17, 15) is 19.5 Å². The predicted molar refractivity (Wildman–Crippen MR) is 166 cm³/mol. The highest BCUT2D eigenvalue weighted by Crippen LogP contribution is 2.40. The Labute approximate surface area is 274 Å². The van der Waals surface area contributed by atoms with Crippen molar-refractivity contribution in [1.29, 1.82) is 0 Å². The fourth-order valence-electron chi connectivity index (χ4n) is 3.86. The van der Waals surface area contributed by atoms with Gasteiger partial charge in [-0.05, 0) is 50.3 Å². The molecule has 4 rings (SSSR count). The molecule has 1 aliphatic rings. The molecule has 0 aliphatic carbocycles. The van der Waals surface area contributed by atoms with Crippen LogP contribution in [0.2, 0.25) is 30.1 Å². The van der Waals surface area contributed by atoms with E-state index in [-0.39, 0.29) is 77.3 Å². The smallest absolute Gasteiger partial charge is 0.359 e. The first-order valence-corrected chi connectivity index (χ1v) is 14.4. The molecule has 1 aliphatic heterocycles. The molecule has 43 heavy (non-hydrogen) atoms. The second-order valence-corrected chi connectivity index (χ2v) is 10.9. The molecule has 1 amide bonds. The zero-order chi connectivity index (χ0) is 31.6. The van der Waals surface area contributed by atoms with Gasteiger partial charge >= 0.3 is 11.9 Å². The molecule has 2 heterocycles. The lowest BCUT2D eigenvalue weighted by Crippen LogP contribution is -2.23. The van der Waals surface area contributed by atoms with Gasteiger partial charge in [-0.1, -0.05) is 75.7 Å². The minimum absolute atomic E-state index is 0.00337. The molecule has 3 aromatic rings. The van der Waals surface area contributed by atoms with E-state index >= 15 is 0 Å². The number of hydrogen-bond acceptors (Lipinski definition) is 8. The van der Waals surface area contributed by atoms with E-state index in [4.69, 9.17) is 79.1 Å². The van der Waals surface area contributed by atoms with Crippen LogP contribution in [0.4, 0.5) is 5.69 Å². The number of aromatic nitrogens is 2. The number of halogens is 6. The van der Waals surface area contributed by atoms with Crippen LogP contribution in [-0.4, -0.2) is 51.7 Å². The molecule has 0 spiro atoms. The van der Waals surface area contributed by atoms with Gasteiger partial charge in [0.25, 0.3) is 5.91 Å². The quantitative estimate of drug-likeness (QED) is 0.189. The third-order valence-corrected chi connectivity index (χ3v) is 7.21. The minimum atomic E-state index is -0.894. The molecule has 0 unspecified atom stereocenters. The summed E-state index contributed by atoms with van der Waals surface area (Å²) in [5.41, 5.74) is -0.919. The number of carbonyl (C=O) groups is 3. The number of esters is 2. The van der Waals surface area contributed by atoms with Crippen molar-refractivity contribution >= 4 is 105 Å². The number of hydrogen-bond donors (Lipinski definition) is 1. The first kappa shape index (κ1) is 32.7. The summed E-state index contributed by atoms with van der Waals surface area (Å²) in [6.07, 6.45) is 3.77. The Morgan fingerprint density at radius 1 is 0.860 bits per heavy atom. The number of aromatic hydroxyl groups is 1. The van der Waals surface area contributed by atoms with Crippen molar-refractivity contribution in [3.63, 3.8) is 0 Å². The van der Waals surface area contributed by atoms with E-state index in [1.54, 1.807) is 13.8 Å². The number of amides is 1. The van der Waals surface area contributed by atoms with Crippen LogP contribution < -0.4 is 5.01 Å². The average Bonchev–Trinajstić information content (AvgIpc) is 3.40. The van der Waals surface area contributed by atoms with Gasteiger partial charge in [0, 0.05) is 10.0 Å². The molecular formula is C27H18Cl6N4O6. The molecule has 224 valence electrons. The van der Waals surface area contributed by atoms with Gasteiger partial charge in [0.2, 0.25) is 5.88 Å². The lowest BCUT2D eigenvalue weighted by Gasteiger charge is -2.15. The van der Waals surface area contributed by atoms with Crippen molar-refractivity contribution in [2.45, 2.75) is 13.8 Å². The molecular weight excluding hydrogens is 689 g/mol. The molecule has 0 bridgehead atoms. The standard InChI is InChI=1S/C27H18Cl6N4O6/c1-3-42-26(40)20-14(24(38)36(34-20)22-16(30)8-12(28)9-17(22)31)6-5-7-15-21(27(41)43-4-2)35-37(25(15)39)23-18(32)10-13(29)11-19(23)33/h5-11,38H,3-4H2,1-2H3. The molecule has 16 heteroatoms. The summed E-state index contributed by atoms with van der Waals surface area (Å²) in [4.78, 5) is 38.9. The molecule has 10 nitrogen and oxygen atoms in total. The van der Waals surface area contributed by atoms with Gasteiger partial charge in [-0.15, -0.1) is 0 Å². The average molecular weight is 707 g/mol. The van der Waals surface area contributed by atoms with Crippen molar-refractivity contribution < 1.29 is 29.0 Å². The van der Waals surface area contributed by atoms with Crippen LogP contribution in [0.1, 0.15) is 29.9 Å². The van der Waals surface area contributed by atoms with Crippen molar-refractivity contribution in [3.05, 3.63) is 83.4 Å². The van der Waals surface area contributed by atoms with Crippen molar-refractivity contribution in [3.8, 4) is 11.6 Å². The van der Waals surface area contributed by atoms with Crippen LogP contribution in [0.5, 0.6) is 5.88 Å². The molecule has 0 radical (unpaired) electrons. The van der Waals surface area contributed by atoms with Crippen molar-refractivity contribution in [2.75, 3.05) is 18.2 Å². The molecule has 2 aromatic carbocycles. The molecule has 1 aromatic heterocycles. The summed E-state index contributed by atoms with van der Waals surface area (Å²) in [5.74, 6) is -3.07. The van der Waals surface area contributed by atoms with Crippen LogP contribution >= 0.6 is 69.6 Å². The summed E-state index contributed by atoms with van der Waals surface area (Å²) >= 11 is 37.2. The first-order valence-electron chi connectivity index (χ1n) is 12.2. The van der Waals surface area contributed by atoms with E-state index in [1.165, 1.54) is 42.5 Å². The Morgan fingerprint density at radius 2 is 1.37 bits per heavy atom. The Morgan fingerprint density at radius 3 is 1.91 bits per heavy atom. The number of carbonyl (C=O) groups excluding carboxylic acids is 3. The van der Waals surface area contributed by atoms with Crippen molar-refractivity contribution in [1.82, 2.24) is 9.78 Å². The van der Waals surface area contributed by atoms with E-state index < -0.39 is 23.7 Å². The number of hydrazone groups is 1. The van der Waals surface area contributed by atoms with Gasteiger partial charge in [-0.25, -0.2) is 9.59 Å².